The molecule has 0 aromatic heterocycles. The summed E-state index contributed by atoms with van der Waals surface area (Å²) < 4.78 is 14.2. The number of halogens is 1. The van der Waals surface area contributed by atoms with Gasteiger partial charge in [-0.3, -0.25) is 0 Å². The Hall–Kier alpha value is -1.20. The SMILES string of the molecule is CCCCCC/C=C/[C@H]1CC[C@H](F)[C@@H]1C/C=C\CC(O)C(C)(O)C(=O)O. The molecule has 2 unspecified atom stereocenters. The average Bonchev–Trinajstić information content (AvgIpc) is 2.94. The summed E-state index contributed by atoms with van der Waals surface area (Å²) in [6, 6.07) is 0. The number of aliphatic hydroxyl groups is 2. The van der Waals surface area contributed by atoms with Crippen LogP contribution in [0, 0.1) is 11.8 Å². The van der Waals surface area contributed by atoms with Gasteiger partial charge >= 0.3 is 5.97 Å². The van der Waals surface area contributed by atoms with Crippen molar-refractivity contribution in [3.05, 3.63) is 24.3 Å². The fourth-order valence-electron chi connectivity index (χ4n) is 3.42. The van der Waals surface area contributed by atoms with Gasteiger partial charge in [0.2, 0.25) is 0 Å². The van der Waals surface area contributed by atoms with Crippen LogP contribution in [0.1, 0.15) is 71.6 Å². The smallest absolute Gasteiger partial charge is 0.338 e. The van der Waals surface area contributed by atoms with Crippen LogP contribution in [0.15, 0.2) is 24.3 Å². The number of aliphatic hydroxyl groups excluding tert-OH is 1. The van der Waals surface area contributed by atoms with E-state index in [2.05, 4.69) is 19.1 Å². The van der Waals surface area contributed by atoms with E-state index < -0.39 is 23.8 Å². The van der Waals surface area contributed by atoms with Gasteiger partial charge in [-0.2, -0.15) is 0 Å². The van der Waals surface area contributed by atoms with Gasteiger partial charge in [-0.1, -0.05) is 50.5 Å². The molecule has 3 N–H and O–H groups in total. The maximum atomic E-state index is 14.2. The van der Waals surface area contributed by atoms with E-state index in [1.54, 1.807) is 12.2 Å². The van der Waals surface area contributed by atoms with Gasteiger partial charge in [0.05, 0.1) is 6.10 Å². The third-order valence-corrected chi connectivity index (χ3v) is 5.41. The van der Waals surface area contributed by atoms with Gasteiger partial charge in [-0.15, -0.1) is 0 Å². The number of hydrogen-bond acceptors (Lipinski definition) is 3. The highest BCUT2D eigenvalue weighted by Gasteiger charge is 2.37. The molecule has 0 amide bonds. The van der Waals surface area contributed by atoms with Crippen molar-refractivity contribution in [2.75, 3.05) is 0 Å². The highest BCUT2D eigenvalue weighted by molar-refractivity contribution is 5.77. The molecule has 0 saturated heterocycles. The normalized spacial score (nSPS) is 27.2. The van der Waals surface area contributed by atoms with Gasteiger partial charge in [-0.25, -0.2) is 9.18 Å². The molecule has 0 heterocycles. The molecule has 1 saturated carbocycles. The number of carboxylic acid groups (broad SMARTS) is 1. The van der Waals surface area contributed by atoms with Gasteiger partial charge in [0.15, 0.2) is 5.60 Å². The van der Waals surface area contributed by atoms with Gasteiger partial charge < -0.3 is 15.3 Å². The zero-order valence-corrected chi connectivity index (χ0v) is 16.1. The molecule has 1 fully saturated rings. The van der Waals surface area contributed by atoms with Crippen molar-refractivity contribution in [3.63, 3.8) is 0 Å². The van der Waals surface area contributed by atoms with Crippen LogP contribution in [0.4, 0.5) is 4.39 Å². The summed E-state index contributed by atoms with van der Waals surface area (Å²) in [6.07, 6.45) is 13.6. The van der Waals surface area contributed by atoms with E-state index >= 15 is 0 Å². The van der Waals surface area contributed by atoms with E-state index in [1.807, 2.05) is 0 Å². The fourth-order valence-corrected chi connectivity index (χ4v) is 3.42. The Kier molecular flexibility index (Phi) is 10.1. The van der Waals surface area contributed by atoms with Crippen molar-refractivity contribution < 1.29 is 24.5 Å². The third kappa shape index (κ3) is 7.20. The topological polar surface area (TPSA) is 77.8 Å². The molecule has 0 radical (unpaired) electrons. The first-order valence-electron chi connectivity index (χ1n) is 9.90. The predicted molar refractivity (Wildman–Crippen MR) is 102 cm³/mol. The number of hydrogen-bond donors (Lipinski definition) is 3. The number of carbonyl (C=O) groups is 1. The first-order valence-corrected chi connectivity index (χ1v) is 9.90. The zero-order chi connectivity index (χ0) is 19.6. The molecule has 0 aromatic carbocycles. The Morgan fingerprint density at radius 2 is 1.96 bits per heavy atom. The second-order valence-corrected chi connectivity index (χ2v) is 7.61. The standard InChI is InChI=1S/C21H35FO4/c1-3-4-5-6-7-8-11-16-14-15-18(22)17(16)12-9-10-13-19(23)21(2,26)20(24)25/h8-11,16-19,23,26H,3-7,12-15H2,1-2H3,(H,24,25)/b10-9-,11-8+/t16-,17+,18-,19?,21?/m0/s1. The van der Waals surface area contributed by atoms with Crippen LogP contribution in [0.5, 0.6) is 0 Å². The van der Waals surface area contributed by atoms with Gasteiger partial charge in [-0.05, 0) is 57.3 Å². The number of aliphatic carboxylic acids is 1. The second kappa shape index (κ2) is 11.5. The molecule has 0 aliphatic heterocycles. The molecule has 1 rings (SSSR count). The van der Waals surface area contributed by atoms with Crippen molar-refractivity contribution in [1.82, 2.24) is 0 Å². The van der Waals surface area contributed by atoms with E-state index in [9.17, 15) is 19.4 Å². The summed E-state index contributed by atoms with van der Waals surface area (Å²) in [5.41, 5.74) is -2.18. The lowest BCUT2D eigenvalue weighted by molar-refractivity contribution is -0.168. The Balaban J connectivity index is 2.43. The Morgan fingerprint density at radius 3 is 2.62 bits per heavy atom. The van der Waals surface area contributed by atoms with E-state index in [4.69, 9.17) is 5.11 Å². The van der Waals surface area contributed by atoms with E-state index in [1.165, 1.54) is 25.7 Å². The van der Waals surface area contributed by atoms with Crippen LogP contribution in [-0.4, -0.2) is 39.2 Å². The maximum absolute atomic E-state index is 14.2. The van der Waals surface area contributed by atoms with Crippen molar-refractivity contribution in [2.24, 2.45) is 11.8 Å². The number of unbranched alkanes of at least 4 members (excludes halogenated alkanes) is 4. The van der Waals surface area contributed by atoms with Crippen LogP contribution in [0.25, 0.3) is 0 Å². The third-order valence-electron chi connectivity index (χ3n) is 5.41. The minimum atomic E-state index is -2.18. The lowest BCUT2D eigenvalue weighted by atomic mass is 9.90. The van der Waals surface area contributed by atoms with Crippen LogP contribution in [-0.2, 0) is 4.79 Å². The molecule has 1 aliphatic carbocycles. The van der Waals surface area contributed by atoms with E-state index in [0.29, 0.717) is 12.8 Å². The lowest BCUT2D eigenvalue weighted by Gasteiger charge is -2.23. The van der Waals surface area contributed by atoms with Crippen molar-refractivity contribution in [2.45, 2.75) is 89.5 Å². The van der Waals surface area contributed by atoms with Crippen molar-refractivity contribution >= 4 is 5.97 Å². The fraction of sp³-hybridized carbons (Fsp3) is 0.762. The second-order valence-electron chi connectivity index (χ2n) is 7.61. The quantitative estimate of drug-likeness (QED) is 0.351. The molecule has 4 nitrogen and oxygen atoms in total. The Morgan fingerprint density at radius 1 is 1.23 bits per heavy atom. The minimum Gasteiger partial charge on any atom is -0.479 e. The molecule has 5 heteroatoms. The molecular weight excluding hydrogens is 335 g/mol. The molecule has 0 bridgehead atoms. The Labute approximate surface area is 156 Å². The van der Waals surface area contributed by atoms with Crippen LogP contribution >= 0.6 is 0 Å². The van der Waals surface area contributed by atoms with E-state index in [0.717, 1.165) is 19.8 Å². The lowest BCUT2D eigenvalue weighted by Crippen LogP contribution is -2.46. The summed E-state index contributed by atoms with van der Waals surface area (Å²) in [6.45, 7) is 3.26. The highest BCUT2D eigenvalue weighted by atomic mass is 19.1. The Bertz CT molecular complexity index is 473. The summed E-state index contributed by atoms with van der Waals surface area (Å²) >= 11 is 0. The van der Waals surface area contributed by atoms with Gasteiger partial charge in [0.1, 0.15) is 6.17 Å². The molecule has 1 aliphatic rings. The van der Waals surface area contributed by atoms with Crippen LogP contribution in [0.3, 0.4) is 0 Å². The summed E-state index contributed by atoms with van der Waals surface area (Å²) in [5, 5.41) is 28.3. The predicted octanol–water partition coefficient (Wildman–Crippen LogP) is 4.41. The van der Waals surface area contributed by atoms with Crippen LogP contribution in [0.2, 0.25) is 0 Å². The summed E-state index contributed by atoms with van der Waals surface area (Å²) in [7, 11) is 0. The molecule has 26 heavy (non-hydrogen) atoms. The number of allylic oxidation sites excluding steroid dienone is 3. The number of rotatable bonds is 12. The first-order chi connectivity index (χ1) is 12.3. The molecule has 5 atom stereocenters. The zero-order valence-electron chi connectivity index (χ0n) is 16.1. The summed E-state index contributed by atoms with van der Waals surface area (Å²) in [4.78, 5) is 10.9. The molecule has 0 aromatic rings. The van der Waals surface area contributed by atoms with Crippen LogP contribution < -0.4 is 0 Å². The molecular formula is C21H35FO4. The van der Waals surface area contributed by atoms with Crippen molar-refractivity contribution in [1.29, 1.82) is 0 Å². The highest BCUT2D eigenvalue weighted by Crippen LogP contribution is 2.38. The molecule has 150 valence electrons. The maximum Gasteiger partial charge on any atom is 0.338 e. The van der Waals surface area contributed by atoms with E-state index in [-0.39, 0.29) is 18.3 Å². The first kappa shape index (κ1) is 22.8. The number of alkyl halides is 1. The minimum absolute atomic E-state index is 0.0287. The number of carboxylic acids is 1. The van der Waals surface area contributed by atoms with Gasteiger partial charge in [0, 0.05) is 0 Å². The monoisotopic (exact) mass is 370 g/mol. The largest absolute Gasteiger partial charge is 0.479 e. The van der Waals surface area contributed by atoms with Crippen molar-refractivity contribution in [3.8, 4) is 0 Å². The average molecular weight is 371 g/mol. The van der Waals surface area contributed by atoms with Gasteiger partial charge in [0.25, 0.3) is 0 Å². The summed E-state index contributed by atoms with van der Waals surface area (Å²) in [5.74, 6) is -1.27. The molecule has 0 spiro atoms.